The number of aliphatic imine (C=N–C) groups is 1. The zero-order chi connectivity index (χ0) is 13.2. The number of benzene rings is 1. The average molecular weight is 258 g/mol. The summed E-state index contributed by atoms with van der Waals surface area (Å²) in [7, 11) is 1.74. The summed E-state index contributed by atoms with van der Waals surface area (Å²) < 4.78 is 5.32. The standard InChI is InChI=1S/C16H22N2O/c1-11-12(10-16-17-7-8-18-16)3-4-13-9-14(19-2)5-6-15(11)13/h5-6,9,11-12H,3-4,7-8,10H2,1-2H3,(H,17,18). The Kier molecular flexibility index (Phi) is 3.45. The SMILES string of the molecule is COc1ccc2c(c1)CCC(CC1=NCCN1)C2C. The first-order valence-electron chi connectivity index (χ1n) is 7.22. The lowest BCUT2D eigenvalue weighted by molar-refractivity contribution is 0.393. The summed E-state index contributed by atoms with van der Waals surface area (Å²) >= 11 is 0. The van der Waals surface area contributed by atoms with E-state index in [1.54, 1.807) is 7.11 Å². The second kappa shape index (κ2) is 5.24. The van der Waals surface area contributed by atoms with Crippen LogP contribution < -0.4 is 10.1 Å². The highest BCUT2D eigenvalue weighted by atomic mass is 16.5. The molecular weight excluding hydrogens is 236 g/mol. The molecule has 0 radical (unpaired) electrons. The topological polar surface area (TPSA) is 33.6 Å². The summed E-state index contributed by atoms with van der Waals surface area (Å²) in [5, 5.41) is 3.40. The quantitative estimate of drug-likeness (QED) is 0.904. The van der Waals surface area contributed by atoms with Crippen LogP contribution in [0.1, 0.15) is 36.8 Å². The first kappa shape index (κ1) is 12.5. The van der Waals surface area contributed by atoms with Crippen molar-refractivity contribution in [2.75, 3.05) is 20.2 Å². The number of aryl methyl sites for hydroxylation is 1. The predicted octanol–water partition coefficient (Wildman–Crippen LogP) is 2.75. The van der Waals surface area contributed by atoms with Crippen molar-refractivity contribution in [3.8, 4) is 5.75 Å². The number of hydrogen-bond acceptors (Lipinski definition) is 3. The monoisotopic (exact) mass is 258 g/mol. The van der Waals surface area contributed by atoms with Gasteiger partial charge in [-0.3, -0.25) is 4.99 Å². The molecule has 0 amide bonds. The third-order valence-corrected chi connectivity index (χ3v) is 4.53. The predicted molar refractivity (Wildman–Crippen MR) is 78.1 cm³/mol. The molecule has 0 fully saturated rings. The van der Waals surface area contributed by atoms with E-state index in [0.29, 0.717) is 11.8 Å². The smallest absolute Gasteiger partial charge is 0.119 e. The van der Waals surface area contributed by atoms with Gasteiger partial charge in [-0.2, -0.15) is 0 Å². The van der Waals surface area contributed by atoms with Gasteiger partial charge in [-0.15, -0.1) is 0 Å². The summed E-state index contributed by atoms with van der Waals surface area (Å²) in [6, 6.07) is 6.53. The Balaban J connectivity index is 1.77. The summed E-state index contributed by atoms with van der Waals surface area (Å²) in [5.41, 5.74) is 2.96. The van der Waals surface area contributed by atoms with E-state index in [1.807, 2.05) is 0 Å². The van der Waals surface area contributed by atoms with Gasteiger partial charge < -0.3 is 10.1 Å². The normalized spacial score (nSPS) is 25.5. The summed E-state index contributed by atoms with van der Waals surface area (Å²) in [5.74, 6) is 3.52. The van der Waals surface area contributed by atoms with Crippen LogP contribution in [0.5, 0.6) is 5.75 Å². The van der Waals surface area contributed by atoms with E-state index in [2.05, 4.69) is 35.4 Å². The number of hydrogen-bond donors (Lipinski definition) is 1. The molecule has 1 N–H and O–H groups in total. The van der Waals surface area contributed by atoms with Crippen molar-refractivity contribution in [1.82, 2.24) is 5.32 Å². The van der Waals surface area contributed by atoms with Crippen LogP contribution in [0.3, 0.4) is 0 Å². The molecule has 2 atom stereocenters. The lowest BCUT2D eigenvalue weighted by atomic mass is 9.74. The van der Waals surface area contributed by atoms with Crippen LogP contribution in [0.25, 0.3) is 0 Å². The first-order valence-corrected chi connectivity index (χ1v) is 7.22. The van der Waals surface area contributed by atoms with E-state index in [-0.39, 0.29) is 0 Å². The summed E-state index contributed by atoms with van der Waals surface area (Å²) in [4.78, 5) is 4.53. The molecule has 3 rings (SSSR count). The largest absolute Gasteiger partial charge is 0.497 e. The van der Waals surface area contributed by atoms with Crippen LogP contribution >= 0.6 is 0 Å². The Morgan fingerprint density at radius 3 is 3.05 bits per heavy atom. The minimum absolute atomic E-state index is 0.611. The van der Waals surface area contributed by atoms with Crippen LogP contribution in [-0.2, 0) is 6.42 Å². The maximum Gasteiger partial charge on any atom is 0.119 e. The molecule has 1 heterocycles. The Morgan fingerprint density at radius 1 is 1.42 bits per heavy atom. The molecule has 0 spiro atoms. The highest BCUT2D eigenvalue weighted by molar-refractivity contribution is 5.83. The van der Waals surface area contributed by atoms with Crippen LogP contribution in [-0.4, -0.2) is 26.0 Å². The molecular formula is C16H22N2O. The Bertz CT molecular complexity index is 496. The van der Waals surface area contributed by atoms with Gasteiger partial charge in [0, 0.05) is 13.0 Å². The zero-order valence-electron chi connectivity index (χ0n) is 11.8. The fourth-order valence-electron chi connectivity index (χ4n) is 3.33. The van der Waals surface area contributed by atoms with Crippen LogP contribution in [0.15, 0.2) is 23.2 Å². The maximum atomic E-state index is 5.32. The molecule has 0 saturated heterocycles. The first-order chi connectivity index (χ1) is 9.28. The molecule has 0 saturated carbocycles. The van der Waals surface area contributed by atoms with Gasteiger partial charge in [0.05, 0.1) is 19.5 Å². The summed E-state index contributed by atoms with van der Waals surface area (Å²) in [6.07, 6.45) is 3.52. The van der Waals surface area contributed by atoms with E-state index >= 15 is 0 Å². The minimum Gasteiger partial charge on any atom is -0.497 e. The molecule has 3 heteroatoms. The third-order valence-electron chi connectivity index (χ3n) is 4.53. The molecule has 3 nitrogen and oxygen atoms in total. The molecule has 0 aromatic heterocycles. The van der Waals surface area contributed by atoms with Gasteiger partial charge in [0.1, 0.15) is 5.75 Å². The number of nitrogens with zero attached hydrogens (tertiary/aromatic N) is 1. The van der Waals surface area contributed by atoms with Gasteiger partial charge in [0.25, 0.3) is 0 Å². The zero-order valence-corrected chi connectivity index (χ0v) is 11.8. The van der Waals surface area contributed by atoms with Crippen molar-refractivity contribution in [1.29, 1.82) is 0 Å². The Hall–Kier alpha value is -1.51. The number of nitrogens with one attached hydrogen (secondary N) is 1. The molecule has 2 aliphatic rings. The second-order valence-electron chi connectivity index (χ2n) is 5.61. The van der Waals surface area contributed by atoms with Gasteiger partial charge in [0.2, 0.25) is 0 Å². The van der Waals surface area contributed by atoms with Crippen molar-refractivity contribution < 1.29 is 4.74 Å². The molecule has 102 valence electrons. The van der Waals surface area contributed by atoms with Gasteiger partial charge in [-0.05, 0) is 47.9 Å². The molecule has 1 aliphatic carbocycles. The molecule has 1 aromatic rings. The molecule has 0 bridgehead atoms. The van der Waals surface area contributed by atoms with E-state index in [4.69, 9.17) is 4.74 Å². The number of fused-ring (bicyclic) bond motifs is 1. The number of ether oxygens (including phenoxy) is 1. The number of amidine groups is 1. The lowest BCUT2D eigenvalue weighted by Gasteiger charge is -2.31. The highest BCUT2D eigenvalue weighted by Gasteiger charge is 2.27. The van der Waals surface area contributed by atoms with Crippen LogP contribution in [0.2, 0.25) is 0 Å². The van der Waals surface area contributed by atoms with Gasteiger partial charge in [-0.25, -0.2) is 0 Å². The second-order valence-corrected chi connectivity index (χ2v) is 5.61. The van der Waals surface area contributed by atoms with Crippen molar-refractivity contribution in [3.05, 3.63) is 29.3 Å². The van der Waals surface area contributed by atoms with E-state index in [1.165, 1.54) is 23.4 Å². The van der Waals surface area contributed by atoms with Crippen LogP contribution in [0, 0.1) is 5.92 Å². The van der Waals surface area contributed by atoms with E-state index in [9.17, 15) is 0 Å². The van der Waals surface area contributed by atoms with Crippen molar-refractivity contribution in [2.24, 2.45) is 10.9 Å². The highest BCUT2D eigenvalue weighted by Crippen LogP contribution is 2.39. The Morgan fingerprint density at radius 2 is 2.32 bits per heavy atom. The Labute approximate surface area is 115 Å². The fourth-order valence-corrected chi connectivity index (χ4v) is 3.33. The van der Waals surface area contributed by atoms with Crippen molar-refractivity contribution in [3.63, 3.8) is 0 Å². The van der Waals surface area contributed by atoms with Crippen LogP contribution in [0.4, 0.5) is 0 Å². The maximum absolute atomic E-state index is 5.32. The average Bonchev–Trinajstić information content (AvgIpc) is 2.94. The summed E-state index contributed by atoms with van der Waals surface area (Å²) in [6.45, 7) is 4.32. The molecule has 19 heavy (non-hydrogen) atoms. The van der Waals surface area contributed by atoms with Crippen molar-refractivity contribution in [2.45, 2.75) is 32.1 Å². The van der Waals surface area contributed by atoms with Crippen molar-refractivity contribution >= 4 is 5.84 Å². The lowest BCUT2D eigenvalue weighted by Crippen LogP contribution is -2.26. The fraction of sp³-hybridized carbons (Fsp3) is 0.562. The number of methoxy groups -OCH3 is 1. The molecule has 1 aliphatic heterocycles. The van der Waals surface area contributed by atoms with Gasteiger partial charge >= 0.3 is 0 Å². The van der Waals surface area contributed by atoms with Gasteiger partial charge in [0.15, 0.2) is 0 Å². The molecule has 1 aromatic carbocycles. The third kappa shape index (κ3) is 2.46. The van der Waals surface area contributed by atoms with E-state index in [0.717, 1.165) is 31.7 Å². The molecule has 2 unspecified atom stereocenters. The van der Waals surface area contributed by atoms with Gasteiger partial charge in [-0.1, -0.05) is 13.0 Å². The minimum atomic E-state index is 0.611. The van der Waals surface area contributed by atoms with E-state index < -0.39 is 0 Å². The number of rotatable bonds is 3.